The lowest BCUT2D eigenvalue weighted by Crippen LogP contribution is -2.45. The van der Waals surface area contributed by atoms with Crippen molar-refractivity contribution in [2.45, 2.75) is 39.3 Å². The van der Waals surface area contributed by atoms with Gasteiger partial charge in [-0.05, 0) is 80.3 Å². The Balaban J connectivity index is 1.64. The highest BCUT2D eigenvalue weighted by atomic mass is 32.1. The molecule has 2 N–H and O–H groups in total. The van der Waals surface area contributed by atoms with Crippen molar-refractivity contribution < 1.29 is 9.53 Å². The molecule has 1 aliphatic rings. The van der Waals surface area contributed by atoms with E-state index < -0.39 is 5.97 Å². The number of aromatic nitrogens is 1. The van der Waals surface area contributed by atoms with Crippen molar-refractivity contribution in [1.29, 1.82) is 0 Å². The van der Waals surface area contributed by atoms with Crippen molar-refractivity contribution in [2.24, 2.45) is 0 Å². The van der Waals surface area contributed by atoms with E-state index in [1.54, 1.807) is 18.2 Å². The number of carbonyl (C=O) groups excluding carboxylic acids is 1. The van der Waals surface area contributed by atoms with Crippen LogP contribution in [0.15, 0.2) is 53.3 Å². The third kappa shape index (κ3) is 5.71. The lowest BCUT2D eigenvalue weighted by Gasteiger charge is -2.32. The van der Waals surface area contributed by atoms with Gasteiger partial charge in [0.05, 0.1) is 24.9 Å². The lowest BCUT2D eigenvalue weighted by atomic mass is 10.1. The minimum absolute atomic E-state index is 0.121. The number of nitrogens with zero attached hydrogens (tertiary/aromatic N) is 2. The summed E-state index contributed by atoms with van der Waals surface area (Å²) in [4.78, 5) is 32.7. The number of hydrogen-bond donors (Lipinski definition) is 2. The molecule has 1 aromatic heterocycles. The number of likely N-dealkylation sites (tertiary alicyclic amines) is 1. The first kappa shape index (κ1) is 24.9. The Bertz CT molecular complexity index is 1290. The highest BCUT2D eigenvalue weighted by Crippen LogP contribution is 2.22. The molecule has 0 radical (unpaired) electrons. The fourth-order valence-corrected chi connectivity index (χ4v) is 5.00. The van der Waals surface area contributed by atoms with Gasteiger partial charge in [0, 0.05) is 23.7 Å². The molecule has 0 bridgehead atoms. The van der Waals surface area contributed by atoms with Crippen molar-refractivity contribution >= 4 is 39.9 Å². The molecule has 35 heavy (non-hydrogen) atoms. The molecule has 7 nitrogen and oxygen atoms in total. The van der Waals surface area contributed by atoms with Gasteiger partial charge in [-0.15, -0.1) is 0 Å². The van der Waals surface area contributed by atoms with E-state index in [1.807, 2.05) is 42.2 Å². The lowest BCUT2D eigenvalue weighted by molar-refractivity contribution is 0.0602. The largest absolute Gasteiger partial charge is 0.465 e. The molecule has 1 atom stereocenters. The SMILES string of the molecule is CCN1CCC[C@@H]1CN(Cc1cc2ccc(C)cc2[nH]c1=O)C(=S)Nc1ccccc1C(=O)OC. The molecule has 8 heteroatoms. The quantitative estimate of drug-likeness (QED) is 0.376. The van der Waals surface area contributed by atoms with Crippen LogP contribution in [0.25, 0.3) is 10.9 Å². The van der Waals surface area contributed by atoms with Crippen LogP contribution in [0, 0.1) is 6.92 Å². The van der Waals surface area contributed by atoms with Gasteiger partial charge in [-0.2, -0.15) is 0 Å². The van der Waals surface area contributed by atoms with Gasteiger partial charge < -0.3 is 19.9 Å². The maximum Gasteiger partial charge on any atom is 0.339 e. The number of thiocarbonyl (C=S) groups is 1. The molecule has 0 amide bonds. The van der Waals surface area contributed by atoms with E-state index in [2.05, 4.69) is 22.1 Å². The number of carbonyl (C=O) groups is 1. The van der Waals surface area contributed by atoms with Crippen LogP contribution in [0.4, 0.5) is 5.69 Å². The Hall–Kier alpha value is -3.23. The molecule has 1 aliphatic heterocycles. The number of para-hydroxylation sites is 1. The topological polar surface area (TPSA) is 77.7 Å². The van der Waals surface area contributed by atoms with Crippen LogP contribution in [0.2, 0.25) is 0 Å². The number of H-pyrrole nitrogens is 1. The average molecular weight is 493 g/mol. The average Bonchev–Trinajstić information content (AvgIpc) is 3.31. The van der Waals surface area contributed by atoms with Crippen molar-refractivity contribution in [1.82, 2.24) is 14.8 Å². The number of aromatic amines is 1. The maximum absolute atomic E-state index is 13.0. The van der Waals surface area contributed by atoms with Crippen LogP contribution in [-0.2, 0) is 11.3 Å². The summed E-state index contributed by atoms with van der Waals surface area (Å²) in [5.41, 5.74) is 3.43. The Labute approximate surface area is 211 Å². The number of nitrogens with one attached hydrogen (secondary N) is 2. The van der Waals surface area contributed by atoms with Gasteiger partial charge in [0.15, 0.2) is 5.11 Å². The minimum Gasteiger partial charge on any atom is -0.465 e. The fraction of sp³-hybridized carbons (Fsp3) is 0.370. The van der Waals surface area contributed by atoms with Gasteiger partial charge in [-0.3, -0.25) is 9.69 Å². The zero-order valence-corrected chi connectivity index (χ0v) is 21.3. The van der Waals surface area contributed by atoms with E-state index >= 15 is 0 Å². The second-order valence-electron chi connectivity index (χ2n) is 8.99. The zero-order valence-electron chi connectivity index (χ0n) is 20.5. The standard InChI is InChI=1S/C27H32N4O3S/c1-4-30-13-7-8-21(30)17-31(27(35)29-23-10-6-5-9-22(23)26(33)34-3)16-20-15-19-12-11-18(2)14-24(19)28-25(20)32/h5-6,9-12,14-15,21H,4,7-8,13,16-17H2,1-3H3,(H,28,32)(H,29,35)/t21-/m1/s1. The number of ether oxygens (including phenoxy) is 1. The number of rotatable bonds is 7. The monoisotopic (exact) mass is 492 g/mol. The number of benzene rings is 2. The van der Waals surface area contributed by atoms with Crippen molar-refractivity contribution in [2.75, 3.05) is 32.1 Å². The summed E-state index contributed by atoms with van der Waals surface area (Å²) >= 11 is 5.84. The number of anilines is 1. The number of aryl methyl sites for hydroxylation is 1. The first-order chi connectivity index (χ1) is 16.9. The van der Waals surface area contributed by atoms with Gasteiger partial charge in [0.1, 0.15) is 0 Å². The van der Waals surface area contributed by atoms with Crippen LogP contribution >= 0.6 is 12.2 Å². The maximum atomic E-state index is 13.0. The van der Waals surface area contributed by atoms with Crippen LogP contribution in [0.5, 0.6) is 0 Å². The number of esters is 1. The number of fused-ring (bicyclic) bond motifs is 1. The number of hydrogen-bond acceptors (Lipinski definition) is 5. The van der Waals surface area contributed by atoms with Gasteiger partial charge in [-0.1, -0.05) is 31.2 Å². The van der Waals surface area contributed by atoms with E-state index in [1.165, 1.54) is 7.11 Å². The zero-order chi connectivity index (χ0) is 24.9. The number of pyridine rings is 1. The van der Waals surface area contributed by atoms with E-state index in [0.29, 0.717) is 41.1 Å². The molecule has 3 aromatic rings. The summed E-state index contributed by atoms with van der Waals surface area (Å²) in [6.45, 7) is 7.26. The third-order valence-corrected chi connectivity index (χ3v) is 7.00. The molecule has 0 unspecified atom stereocenters. The molecule has 1 fully saturated rings. The third-order valence-electron chi connectivity index (χ3n) is 6.64. The minimum atomic E-state index is -0.434. The Kier molecular flexibility index (Phi) is 7.83. The summed E-state index contributed by atoms with van der Waals surface area (Å²) < 4.78 is 4.93. The molecular formula is C27H32N4O3S. The molecule has 2 aromatic carbocycles. The molecule has 0 aliphatic carbocycles. The first-order valence-electron chi connectivity index (χ1n) is 12.0. The van der Waals surface area contributed by atoms with Crippen molar-refractivity contribution in [3.63, 3.8) is 0 Å². The summed E-state index contributed by atoms with van der Waals surface area (Å²) in [5.74, 6) is -0.434. The van der Waals surface area contributed by atoms with Crippen LogP contribution < -0.4 is 10.9 Å². The van der Waals surface area contributed by atoms with Gasteiger partial charge in [0.2, 0.25) is 0 Å². The summed E-state index contributed by atoms with van der Waals surface area (Å²) in [6.07, 6.45) is 2.23. The molecule has 4 rings (SSSR count). The Morgan fingerprint density at radius 1 is 1.26 bits per heavy atom. The van der Waals surface area contributed by atoms with Crippen LogP contribution in [-0.4, -0.2) is 58.7 Å². The molecule has 1 saturated heterocycles. The van der Waals surface area contributed by atoms with E-state index in [4.69, 9.17) is 17.0 Å². The molecule has 0 saturated carbocycles. The molecule has 0 spiro atoms. The smallest absolute Gasteiger partial charge is 0.339 e. The van der Waals surface area contributed by atoms with Crippen molar-refractivity contribution in [3.05, 3.63) is 75.6 Å². The van der Waals surface area contributed by atoms with E-state index in [-0.39, 0.29) is 5.56 Å². The van der Waals surface area contributed by atoms with Gasteiger partial charge in [0.25, 0.3) is 5.56 Å². The second kappa shape index (κ2) is 11.0. The van der Waals surface area contributed by atoms with E-state index in [9.17, 15) is 9.59 Å². The number of methoxy groups -OCH3 is 1. The summed E-state index contributed by atoms with van der Waals surface area (Å²) in [6, 6.07) is 15.5. The van der Waals surface area contributed by atoms with Crippen LogP contribution in [0.1, 0.15) is 41.3 Å². The summed E-state index contributed by atoms with van der Waals surface area (Å²) in [5, 5.41) is 4.69. The predicted octanol–water partition coefficient (Wildman–Crippen LogP) is 4.31. The van der Waals surface area contributed by atoms with Crippen molar-refractivity contribution in [3.8, 4) is 0 Å². The van der Waals surface area contributed by atoms with Crippen LogP contribution in [0.3, 0.4) is 0 Å². The molecule has 2 heterocycles. The second-order valence-corrected chi connectivity index (χ2v) is 9.37. The normalized spacial score (nSPS) is 15.8. The number of likely N-dealkylation sites (N-methyl/N-ethyl adjacent to an activating group) is 1. The van der Waals surface area contributed by atoms with Gasteiger partial charge in [-0.25, -0.2) is 4.79 Å². The Morgan fingerprint density at radius 2 is 2.06 bits per heavy atom. The van der Waals surface area contributed by atoms with E-state index in [0.717, 1.165) is 42.4 Å². The molecule has 184 valence electrons. The summed E-state index contributed by atoms with van der Waals surface area (Å²) in [7, 11) is 1.36. The molecular weight excluding hydrogens is 460 g/mol. The highest BCUT2D eigenvalue weighted by molar-refractivity contribution is 7.80. The fourth-order valence-electron chi connectivity index (χ4n) is 4.75. The first-order valence-corrected chi connectivity index (χ1v) is 12.4. The Morgan fingerprint density at radius 3 is 2.83 bits per heavy atom. The van der Waals surface area contributed by atoms with Gasteiger partial charge >= 0.3 is 5.97 Å². The predicted molar refractivity (Wildman–Crippen MR) is 144 cm³/mol. The highest BCUT2D eigenvalue weighted by Gasteiger charge is 2.27.